The largest absolute Gasteiger partial charge is 0.383 e. The number of rotatable bonds is 10. The van der Waals surface area contributed by atoms with Crippen LogP contribution in [0, 0.1) is 0 Å². The van der Waals surface area contributed by atoms with E-state index in [1.54, 1.807) is 56.6 Å². The molecule has 11 heteroatoms. The lowest BCUT2D eigenvalue weighted by atomic mass is 10.1. The number of methoxy groups -OCH3 is 1. The Balaban J connectivity index is 1.76. The Morgan fingerprint density at radius 1 is 1.18 bits per heavy atom. The number of ether oxygens (including phenoxy) is 1. The fraction of sp³-hybridized carbons (Fsp3) is 0.273. The van der Waals surface area contributed by atoms with Crippen molar-refractivity contribution in [2.75, 3.05) is 45.0 Å². The van der Waals surface area contributed by atoms with E-state index in [0.717, 1.165) is 0 Å². The van der Waals surface area contributed by atoms with E-state index in [1.807, 2.05) is 6.07 Å². The standard InChI is InChI=1S/C22H26ClN7O3/c1-24-22(32)14-6-4-5-7-16(14)27-17-10-20(25-12-15(17)23)28-19-13-26-29-18(19)11-21(31)30(2)8-9-33-3/h4-7,10,12-13H,8-9,11H2,1-3H3,(H,24,32)(H,26,29)(H2,25,27,28). The van der Waals surface area contributed by atoms with Gasteiger partial charge in [-0.2, -0.15) is 5.10 Å². The summed E-state index contributed by atoms with van der Waals surface area (Å²) >= 11 is 6.34. The highest BCUT2D eigenvalue weighted by atomic mass is 35.5. The number of amides is 2. The number of H-pyrrole nitrogens is 1. The van der Waals surface area contributed by atoms with E-state index in [9.17, 15) is 9.59 Å². The summed E-state index contributed by atoms with van der Waals surface area (Å²) in [6.45, 7) is 0.954. The van der Waals surface area contributed by atoms with Gasteiger partial charge in [0.05, 0.1) is 52.6 Å². The second kappa shape index (κ2) is 11.3. The van der Waals surface area contributed by atoms with Crippen molar-refractivity contribution in [3.63, 3.8) is 0 Å². The predicted octanol–water partition coefficient (Wildman–Crippen LogP) is 2.95. The lowest BCUT2D eigenvalue weighted by Crippen LogP contribution is -2.31. The molecule has 2 aromatic heterocycles. The van der Waals surface area contributed by atoms with Gasteiger partial charge in [-0.25, -0.2) is 4.98 Å². The van der Waals surface area contributed by atoms with Gasteiger partial charge < -0.3 is 25.6 Å². The fourth-order valence-electron chi connectivity index (χ4n) is 3.00. The van der Waals surface area contributed by atoms with Crippen LogP contribution >= 0.6 is 11.6 Å². The van der Waals surface area contributed by atoms with Crippen molar-refractivity contribution in [3.05, 3.63) is 59.0 Å². The third-order valence-corrected chi connectivity index (χ3v) is 5.18. The minimum Gasteiger partial charge on any atom is -0.383 e. The molecule has 4 N–H and O–H groups in total. The Morgan fingerprint density at radius 3 is 2.73 bits per heavy atom. The Kier molecular flexibility index (Phi) is 8.22. The van der Waals surface area contributed by atoms with Crippen LogP contribution in [0.3, 0.4) is 0 Å². The summed E-state index contributed by atoms with van der Waals surface area (Å²) in [5.74, 6) is 0.186. The molecule has 33 heavy (non-hydrogen) atoms. The number of pyridine rings is 1. The van der Waals surface area contributed by atoms with Crippen LogP contribution in [-0.4, -0.2) is 66.3 Å². The summed E-state index contributed by atoms with van der Waals surface area (Å²) in [6, 6.07) is 8.82. The molecule has 0 atom stereocenters. The summed E-state index contributed by atoms with van der Waals surface area (Å²) < 4.78 is 5.02. The summed E-state index contributed by atoms with van der Waals surface area (Å²) in [6.07, 6.45) is 3.27. The number of hydrogen-bond acceptors (Lipinski definition) is 7. The molecule has 0 unspecified atom stereocenters. The average Bonchev–Trinajstić information content (AvgIpc) is 3.25. The van der Waals surface area contributed by atoms with Crippen LogP contribution < -0.4 is 16.0 Å². The quantitative estimate of drug-likeness (QED) is 0.358. The molecule has 3 aromatic rings. The minimum atomic E-state index is -0.218. The van der Waals surface area contributed by atoms with Crippen LogP contribution in [0.25, 0.3) is 0 Å². The van der Waals surface area contributed by atoms with Crippen LogP contribution in [0.4, 0.5) is 22.9 Å². The number of benzene rings is 1. The van der Waals surface area contributed by atoms with Gasteiger partial charge in [-0.3, -0.25) is 14.7 Å². The zero-order valence-corrected chi connectivity index (χ0v) is 19.4. The normalized spacial score (nSPS) is 10.5. The van der Waals surface area contributed by atoms with E-state index < -0.39 is 0 Å². The smallest absolute Gasteiger partial charge is 0.253 e. The number of carbonyl (C=O) groups excluding carboxylic acids is 2. The van der Waals surface area contributed by atoms with Gasteiger partial charge in [-0.1, -0.05) is 23.7 Å². The molecule has 3 rings (SSSR count). The van der Waals surface area contributed by atoms with Crippen LogP contribution in [0.2, 0.25) is 5.02 Å². The molecule has 2 amide bonds. The van der Waals surface area contributed by atoms with Crippen molar-refractivity contribution in [3.8, 4) is 0 Å². The summed E-state index contributed by atoms with van der Waals surface area (Å²) in [5.41, 5.74) is 2.82. The average molecular weight is 472 g/mol. The molecule has 1 aromatic carbocycles. The maximum Gasteiger partial charge on any atom is 0.253 e. The van der Waals surface area contributed by atoms with Crippen molar-refractivity contribution in [2.45, 2.75) is 6.42 Å². The molecule has 2 heterocycles. The zero-order valence-electron chi connectivity index (χ0n) is 18.6. The topological polar surface area (TPSA) is 124 Å². The summed E-state index contributed by atoms with van der Waals surface area (Å²) in [5, 5.41) is 16.3. The molecule has 0 radical (unpaired) electrons. The predicted molar refractivity (Wildman–Crippen MR) is 127 cm³/mol. The Bertz CT molecular complexity index is 1120. The molecule has 0 saturated carbocycles. The maximum atomic E-state index is 12.4. The van der Waals surface area contributed by atoms with Crippen molar-refractivity contribution in [1.82, 2.24) is 25.4 Å². The number of halogens is 1. The van der Waals surface area contributed by atoms with Gasteiger partial charge >= 0.3 is 0 Å². The Hall–Kier alpha value is -3.63. The highest BCUT2D eigenvalue weighted by molar-refractivity contribution is 6.33. The van der Waals surface area contributed by atoms with Gasteiger partial charge in [-0.15, -0.1) is 0 Å². The molecule has 174 valence electrons. The number of likely N-dealkylation sites (N-methyl/N-ethyl adjacent to an activating group) is 1. The van der Waals surface area contributed by atoms with Crippen LogP contribution in [0.5, 0.6) is 0 Å². The second-order valence-electron chi connectivity index (χ2n) is 7.15. The van der Waals surface area contributed by atoms with Gasteiger partial charge in [0.15, 0.2) is 0 Å². The number of hydrogen-bond donors (Lipinski definition) is 4. The van der Waals surface area contributed by atoms with E-state index in [0.29, 0.717) is 52.3 Å². The van der Waals surface area contributed by atoms with Gasteiger partial charge in [0, 0.05) is 40.0 Å². The third kappa shape index (κ3) is 6.21. The Morgan fingerprint density at radius 2 is 1.97 bits per heavy atom. The van der Waals surface area contributed by atoms with Gasteiger partial charge in [0.1, 0.15) is 5.82 Å². The molecule has 0 bridgehead atoms. The zero-order chi connectivity index (χ0) is 23.8. The molecular weight excluding hydrogens is 446 g/mol. The number of nitrogens with zero attached hydrogens (tertiary/aromatic N) is 3. The SMILES string of the molecule is CNC(=O)c1ccccc1Nc1cc(Nc2c[nH]nc2CC(=O)N(C)CCOC)ncc1Cl. The van der Waals surface area contributed by atoms with E-state index >= 15 is 0 Å². The van der Waals surface area contributed by atoms with Crippen LogP contribution in [-0.2, 0) is 16.0 Å². The molecule has 0 aliphatic heterocycles. The highest BCUT2D eigenvalue weighted by Gasteiger charge is 2.16. The first-order chi connectivity index (χ1) is 15.9. The van der Waals surface area contributed by atoms with E-state index in [1.165, 1.54) is 6.20 Å². The van der Waals surface area contributed by atoms with Gasteiger partial charge in [-0.05, 0) is 12.1 Å². The van der Waals surface area contributed by atoms with Crippen molar-refractivity contribution in [2.24, 2.45) is 0 Å². The lowest BCUT2D eigenvalue weighted by Gasteiger charge is -2.16. The molecule has 0 aliphatic rings. The van der Waals surface area contributed by atoms with Gasteiger partial charge in [0.25, 0.3) is 5.91 Å². The number of aromatic amines is 1. The van der Waals surface area contributed by atoms with Crippen molar-refractivity contribution >= 4 is 46.3 Å². The molecule has 10 nitrogen and oxygen atoms in total. The minimum absolute atomic E-state index is 0.0839. The van der Waals surface area contributed by atoms with Crippen LogP contribution in [0.1, 0.15) is 16.1 Å². The monoisotopic (exact) mass is 471 g/mol. The second-order valence-corrected chi connectivity index (χ2v) is 7.56. The molecule has 0 spiro atoms. The molecular formula is C22H26ClN7O3. The van der Waals surface area contributed by atoms with Crippen LogP contribution in [0.15, 0.2) is 42.7 Å². The number of para-hydroxylation sites is 1. The fourth-order valence-corrected chi connectivity index (χ4v) is 3.15. The van der Waals surface area contributed by atoms with Crippen molar-refractivity contribution < 1.29 is 14.3 Å². The van der Waals surface area contributed by atoms with Gasteiger partial charge in [0.2, 0.25) is 5.91 Å². The number of nitrogens with one attached hydrogen (secondary N) is 4. The van der Waals surface area contributed by atoms with E-state index in [4.69, 9.17) is 16.3 Å². The summed E-state index contributed by atoms with van der Waals surface area (Å²) in [4.78, 5) is 30.5. The van der Waals surface area contributed by atoms with Crippen molar-refractivity contribution in [1.29, 1.82) is 0 Å². The highest BCUT2D eigenvalue weighted by Crippen LogP contribution is 2.30. The number of anilines is 4. The first-order valence-corrected chi connectivity index (χ1v) is 10.6. The lowest BCUT2D eigenvalue weighted by molar-refractivity contribution is -0.129. The maximum absolute atomic E-state index is 12.4. The number of aromatic nitrogens is 3. The molecule has 0 aliphatic carbocycles. The number of carbonyl (C=O) groups is 2. The molecule has 0 fully saturated rings. The third-order valence-electron chi connectivity index (χ3n) is 4.88. The Labute approximate surface area is 196 Å². The van der Waals surface area contributed by atoms with E-state index in [-0.39, 0.29) is 18.2 Å². The first-order valence-electron chi connectivity index (χ1n) is 10.2. The summed E-state index contributed by atoms with van der Waals surface area (Å²) in [7, 11) is 4.88. The van der Waals surface area contributed by atoms with E-state index in [2.05, 4.69) is 31.1 Å². The molecule has 0 saturated heterocycles. The first kappa shape index (κ1) is 24.0.